The molecule has 172 valence electrons. The monoisotopic (exact) mass is 540 g/mol. The van der Waals surface area contributed by atoms with Crippen LogP contribution in [0.3, 0.4) is 0 Å². The third kappa shape index (κ3) is 4.71. The first-order valence-electron chi connectivity index (χ1n) is 9.20. The number of nitrogens with one attached hydrogen (secondary N) is 2. The number of amides is 3. The van der Waals surface area contributed by atoms with Gasteiger partial charge in [0, 0.05) is 24.9 Å². The zero-order chi connectivity index (χ0) is 24.5. The van der Waals surface area contributed by atoms with E-state index >= 15 is 0 Å². The third-order valence-electron chi connectivity index (χ3n) is 4.57. The van der Waals surface area contributed by atoms with Gasteiger partial charge in [0.15, 0.2) is 5.82 Å². The van der Waals surface area contributed by atoms with E-state index in [0.29, 0.717) is 4.60 Å². The van der Waals surface area contributed by atoms with Crippen molar-refractivity contribution < 1.29 is 23.2 Å². The molecule has 0 atom stereocenters. The number of aromatic nitrogens is 3. The molecule has 0 saturated carbocycles. The summed E-state index contributed by atoms with van der Waals surface area (Å²) in [7, 11) is 1.06. The first-order valence-corrected chi connectivity index (χ1v) is 10.4. The van der Waals surface area contributed by atoms with E-state index in [1.54, 1.807) is 12.1 Å². The highest BCUT2D eigenvalue weighted by Crippen LogP contribution is 2.33. The van der Waals surface area contributed by atoms with Gasteiger partial charge in [0.2, 0.25) is 0 Å². The number of alkyl halides is 2. The number of hydrogen-bond acceptors (Lipinski definition) is 5. The van der Waals surface area contributed by atoms with E-state index in [2.05, 4.69) is 31.3 Å². The average Bonchev–Trinajstić information content (AvgIpc) is 3.15. The van der Waals surface area contributed by atoms with Gasteiger partial charge in [-0.2, -0.15) is 13.9 Å². The highest BCUT2D eigenvalue weighted by atomic mass is 79.9. The molecule has 4 N–H and O–H groups in total. The fourth-order valence-electron chi connectivity index (χ4n) is 3.00. The highest BCUT2D eigenvalue weighted by Gasteiger charge is 2.41. The van der Waals surface area contributed by atoms with Crippen LogP contribution in [-0.4, -0.2) is 39.5 Å². The number of aryl methyl sites for hydroxylation is 1. The molecule has 0 unspecified atom stereocenters. The molecule has 2 heterocycles. The topological polar surface area (TPSA) is 132 Å². The molecule has 0 aliphatic heterocycles. The molecule has 0 spiro atoms. The number of halogens is 4. The average molecular weight is 542 g/mol. The van der Waals surface area contributed by atoms with Crippen LogP contribution in [0.5, 0.6) is 0 Å². The van der Waals surface area contributed by atoms with Crippen LogP contribution < -0.4 is 16.4 Å². The fourth-order valence-corrected chi connectivity index (χ4v) is 3.58. The number of carbonyl (C=O) groups excluding carboxylic acids is 3. The molecule has 13 heteroatoms. The lowest BCUT2D eigenvalue weighted by atomic mass is 9.98. The molecular weight excluding hydrogens is 526 g/mol. The van der Waals surface area contributed by atoms with Crippen LogP contribution in [0.1, 0.15) is 32.0 Å². The van der Waals surface area contributed by atoms with E-state index in [4.69, 9.17) is 17.3 Å². The van der Waals surface area contributed by atoms with Gasteiger partial charge in [-0.25, -0.2) is 9.67 Å². The number of anilines is 1. The largest absolute Gasteiger partial charge is 0.366 e. The van der Waals surface area contributed by atoms with Crippen LogP contribution in [0.4, 0.5) is 14.5 Å². The van der Waals surface area contributed by atoms with Crippen LogP contribution in [0, 0.1) is 6.92 Å². The normalized spacial score (nSPS) is 11.2. The van der Waals surface area contributed by atoms with Crippen molar-refractivity contribution in [3.05, 3.63) is 68.5 Å². The van der Waals surface area contributed by atoms with Gasteiger partial charge >= 0.3 is 5.92 Å². The maximum absolute atomic E-state index is 14.4. The van der Waals surface area contributed by atoms with Gasteiger partial charge in [0.25, 0.3) is 17.7 Å². The van der Waals surface area contributed by atoms with Crippen molar-refractivity contribution >= 4 is 50.9 Å². The summed E-state index contributed by atoms with van der Waals surface area (Å²) in [5.74, 6) is -7.14. The summed E-state index contributed by atoms with van der Waals surface area (Å²) in [6.45, 7) is 1.38. The molecule has 0 radical (unpaired) electrons. The molecule has 0 fully saturated rings. The molecule has 3 aromatic rings. The predicted molar refractivity (Wildman–Crippen MR) is 120 cm³/mol. The summed E-state index contributed by atoms with van der Waals surface area (Å²) in [5, 5.41) is 8.74. The van der Waals surface area contributed by atoms with Crippen LogP contribution >= 0.6 is 27.5 Å². The van der Waals surface area contributed by atoms with Crippen molar-refractivity contribution in [2.75, 3.05) is 12.4 Å². The Morgan fingerprint density at radius 3 is 2.55 bits per heavy atom. The molecule has 9 nitrogen and oxygen atoms in total. The number of pyridine rings is 1. The molecule has 3 rings (SSSR count). The second-order valence-electron chi connectivity index (χ2n) is 6.76. The molecule has 33 heavy (non-hydrogen) atoms. The van der Waals surface area contributed by atoms with E-state index < -0.39 is 34.8 Å². The van der Waals surface area contributed by atoms with Crippen molar-refractivity contribution in [2.24, 2.45) is 5.73 Å². The third-order valence-corrected chi connectivity index (χ3v) is 5.25. The van der Waals surface area contributed by atoms with Crippen molar-refractivity contribution in [1.82, 2.24) is 20.1 Å². The van der Waals surface area contributed by atoms with E-state index in [0.717, 1.165) is 19.2 Å². The predicted octanol–water partition coefficient (Wildman–Crippen LogP) is 3.18. The summed E-state index contributed by atoms with van der Waals surface area (Å²) in [4.78, 5) is 40.8. The van der Waals surface area contributed by atoms with Gasteiger partial charge in [-0.3, -0.25) is 14.4 Å². The van der Waals surface area contributed by atoms with Gasteiger partial charge in [0.1, 0.15) is 10.3 Å². The van der Waals surface area contributed by atoms with Crippen LogP contribution in [0.25, 0.3) is 5.82 Å². The van der Waals surface area contributed by atoms with Crippen LogP contribution in [-0.2, 0) is 10.7 Å². The van der Waals surface area contributed by atoms with Crippen molar-refractivity contribution in [1.29, 1.82) is 0 Å². The zero-order valence-corrected chi connectivity index (χ0v) is 19.5. The number of likely N-dealkylation sites (N-methyl/N-ethyl adjacent to an activating group) is 1. The van der Waals surface area contributed by atoms with Gasteiger partial charge in [-0.15, -0.1) is 0 Å². The molecule has 0 bridgehead atoms. The summed E-state index contributed by atoms with van der Waals surface area (Å²) in [6, 6.07) is 6.29. The Kier molecular flexibility index (Phi) is 6.79. The smallest absolute Gasteiger partial charge is 0.349 e. The lowest BCUT2D eigenvalue weighted by Crippen LogP contribution is -2.36. The van der Waals surface area contributed by atoms with Crippen LogP contribution in [0.15, 0.2) is 41.1 Å². The summed E-state index contributed by atoms with van der Waals surface area (Å²) in [6.07, 6.45) is 1.46. The molecule has 0 aliphatic rings. The fraction of sp³-hybridized carbons (Fsp3) is 0.150. The second kappa shape index (κ2) is 9.24. The van der Waals surface area contributed by atoms with Crippen molar-refractivity contribution in [3.8, 4) is 5.82 Å². The van der Waals surface area contributed by atoms with Gasteiger partial charge in [-0.1, -0.05) is 11.6 Å². The Balaban J connectivity index is 2.06. The van der Waals surface area contributed by atoms with Crippen molar-refractivity contribution in [2.45, 2.75) is 12.8 Å². The minimum atomic E-state index is -3.93. The van der Waals surface area contributed by atoms with E-state index in [1.165, 1.54) is 23.9 Å². The SMILES string of the molecule is CNC(=O)C(F)(F)c1cc(C)c(NC(=O)c2cc(Br)nn2-c2ncccc2Cl)c(C(N)=O)c1. The Labute approximate surface area is 199 Å². The molecule has 3 amide bonds. The maximum Gasteiger partial charge on any atom is 0.349 e. The summed E-state index contributed by atoms with van der Waals surface area (Å²) in [5.41, 5.74) is 4.19. The standard InChI is InChI=1S/C20H16BrClF2N6O3/c1-9-6-10(20(23,24)19(33)26-2)7-11(16(25)31)15(9)28-18(32)13-8-14(21)29-30(13)17-12(22)4-3-5-27-17/h3-8H,1-2H3,(H2,25,31)(H,26,33)(H,28,32). The number of benzene rings is 1. The van der Waals surface area contributed by atoms with Gasteiger partial charge in [0.05, 0.1) is 16.3 Å². The van der Waals surface area contributed by atoms with E-state index in [1.807, 2.05) is 5.32 Å². The first kappa shape index (κ1) is 24.3. The minimum Gasteiger partial charge on any atom is -0.366 e. The van der Waals surface area contributed by atoms with Crippen LogP contribution in [0.2, 0.25) is 5.02 Å². The Bertz CT molecular complexity index is 1280. The molecule has 0 aliphatic carbocycles. The number of primary amides is 1. The highest BCUT2D eigenvalue weighted by molar-refractivity contribution is 9.10. The molecule has 2 aromatic heterocycles. The Morgan fingerprint density at radius 1 is 1.24 bits per heavy atom. The zero-order valence-electron chi connectivity index (χ0n) is 17.1. The number of carbonyl (C=O) groups is 3. The minimum absolute atomic E-state index is 0.0166. The Morgan fingerprint density at radius 2 is 1.94 bits per heavy atom. The lowest BCUT2D eigenvalue weighted by Gasteiger charge is -2.19. The number of nitrogens with zero attached hydrogens (tertiary/aromatic N) is 3. The number of hydrogen-bond donors (Lipinski definition) is 3. The van der Waals surface area contributed by atoms with Gasteiger partial charge in [-0.05, 0) is 52.7 Å². The van der Waals surface area contributed by atoms with E-state index in [9.17, 15) is 23.2 Å². The first-order chi connectivity index (χ1) is 15.5. The summed E-state index contributed by atoms with van der Waals surface area (Å²) >= 11 is 9.34. The second-order valence-corrected chi connectivity index (χ2v) is 7.98. The van der Waals surface area contributed by atoms with Gasteiger partial charge < -0.3 is 16.4 Å². The van der Waals surface area contributed by atoms with E-state index in [-0.39, 0.29) is 27.8 Å². The molecule has 0 saturated heterocycles. The summed E-state index contributed by atoms with van der Waals surface area (Å²) < 4.78 is 30.3. The lowest BCUT2D eigenvalue weighted by molar-refractivity contribution is -0.146. The number of nitrogens with two attached hydrogens (primary N) is 1. The molecule has 1 aromatic carbocycles. The number of rotatable bonds is 6. The quantitative estimate of drug-likeness (QED) is 0.441. The Hall–Kier alpha value is -3.38. The van der Waals surface area contributed by atoms with Crippen molar-refractivity contribution in [3.63, 3.8) is 0 Å². The molecular formula is C20H16BrClF2N6O3. The maximum atomic E-state index is 14.4.